The van der Waals surface area contributed by atoms with Gasteiger partial charge in [-0.2, -0.15) is 0 Å². The molecule has 1 aliphatic carbocycles. The summed E-state index contributed by atoms with van der Waals surface area (Å²) in [5.41, 5.74) is 1.93. The largest absolute Gasteiger partial charge is 0.481 e. The maximum atomic E-state index is 11.6. The van der Waals surface area contributed by atoms with E-state index in [1.54, 1.807) is 6.92 Å². The van der Waals surface area contributed by atoms with E-state index >= 15 is 0 Å². The summed E-state index contributed by atoms with van der Waals surface area (Å²) in [5, 5.41) is 8.92. The molecular formula is C15H22O5. The Morgan fingerprint density at radius 3 is 2.35 bits per heavy atom. The average molecular weight is 282 g/mol. The number of carbonyl (C=O) groups excluding carboxylic acids is 1. The Morgan fingerprint density at radius 2 is 1.90 bits per heavy atom. The Morgan fingerprint density at radius 1 is 1.30 bits per heavy atom. The minimum absolute atomic E-state index is 0. The highest BCUT2D eigenvalue weighted by Gasteiger charge is 2.24. The molecule has 5 N–H and O–H groups in total. The van der Waals surface area contributed by atoms with Gasteiger partial charge in [0.25, 0.3) is 0 Å². The molecule has 0 aromatic heterocycles. The number of hydrogen-bond donors (Lipinski definition) is 1. The third-order valence-electron chi connectivity index (χ3n) is 3.76. The van der Waals surface area contributed by atoms with Crippen LogP contribution in [0, 0.1) is 5.92 Å². The summed E-state index contributed by atoms with van der Waals surface area (Å²) in [7, 11) is 0. The van der Waals surface area contributed by atoms with Gasteiger partial charge in [-0.3, -0.25) is 9.59 Å². The minimum atomic E-state index is -0.811. The van der Waals surface area contributed by atoms with Crippen LogP contribution in [0.4, 0.5) is 0 Å². The molecular weight excluding hydrogens is 260 g/mol. The maximum Gasteiger partial charge on any atom is 0.310 e. The summed E-state index contributed by atoms with van der Waals surface area (Å²) in [5.74, 6) is -0.744. The van der Waals surface area contributed by atoms with Crippen LogP contribution in [0.1, 0.15) is 43.2 Å². The molecule has 20 heavy (non-hydrogen) atoms. The smallest absolute Gasteiger partial charge is 0.310 e. The van der Waals surface area contributed by atoms with Crippen LogP contribution in [0.2, 0.25) is 0 Å². The van der Waals surface area contributed by atoms with Crippen molar-refractivity contribution in [2.75, 3.05) is 0 Å². The molecule has 0 saturated heterocycles. The lowest BCUT2D eigenvalue weighted by molar-refractivity contribution is -0.138. The molecule has 0 amide bonds. The fourth-order valence-corrected chi connectivity index (χ4v) is 2.47. The van der Waals surface area contributed by atoms with Crippen molar-refractivity contribution in [3.05, 3.63) is 35.4 Å². The van der Waals surface area contributed by atoms with E-state index in [1.807, 2.05) is 24.3 Å². The fourth-order valence-electron chi connectivity index (χ4n) is 2.47. The molecule has 5 nitrogen and oxygen atoms in total. The van der Waals surface area contributed by atoms with Crippen molar-refractivity contribution < 1.29 is 25.6 Å². The van der Waals surface area contributed by atoms with Gasteiger partial charge in [-0.15, -0.1) is 0 Å². The van der Waals surface area contributed by atoms with E-state index in [4.69, 9.17) is 5.11 Å². The highest BCUT2D eigenvalue weighted by molar-refractivity contribution is 5.83. The Bertz CT molecular complexity index is 452. The van der Waals surface area contributed by atoms with Crippen LogP contribution in [0.25, 0.3) is 0 Å². The maximum absolute atomic E-state index is 11.6. The van der Waals surface area contributed by atoms with E-state index in [0.717, 1.165) is 36.8 Å². The Labute approximate surface area is 118 Å². The van der Waals surface area contributed by atoms with E-state index in [2.05, 4.69) is 0 Å². The van der Waals surface area contributed by atoms with Gasteiger partial charge in [0.1, 0.15) is 5.78 Å². The number of aliphatic carboxylic acids is 1. The second-order valence-corrected chi connectivity index (χ2v) is 5.06. The van der Waals surface area contributed by atoms with Gasteiger partial charge in [-0.25, -0.2) is 0 Å². The molecule has 0 spiro atoms. The van der Waals surface area contributed by atoms with Crippen LogP contribution in [0.5, 0.6) is 0 Å². The zero-order chi connectivity index (χ0) is 13.1. The van der Waals surface area contributed by atoms with E-state index in [-0.39, 0.29) is 16.9 Å². The van der Waals surface area contributed by atoms with Gasteiger partial charge >= 0.3 is 5.97 Å². The molecule has 1 saturated carbocycles. The van der Waals surface area contributed by atoms with Crippen LogP contribution in [-0.4, -0.2) is 27.8 Å². The fraction of sp³-hybridized carbons (Fsp3) is 0.467. The predicted molar refractivity (Wildman–Crippen MR) is 75.8 cm³/mol. The first-order valence-corrected chi connectivity index (χ1v) is 6.42. The molecule has 112 valence electrons. The standard InChI is InChI=1S/C15H18O3.2H2O/c1-10(15(17)18)12-7-5-11(6-8-12)9-13-3-2-4-14(13)16;;/h5-8,10,13H,2-4,9H2,1H3,(H,17,18);2*1H2. The van der Waals surface area contributed by atoms with E-state index in [0.29, 0.717) is 5.78 Å². The summed E-state index contributed by atoms with van der Waals surface area (Å²) in [4.78, 5) is 22.4. The Hall–Kier alpha value is -1.72. The van der Waals surface area contributed by atoms with Gasteiger partial charge in [0.2, 0.25) is 0 Å². The first-order chi connectivity index (χ1) is 8.58. The average Bonchev–Trinajstić information content (AvgIpc) is 2.75. The molecule has 0 heterocycles. The molecule has 1 aromatic carbocycles. The van der Waals surface area contributed by atoms with Crippen molar-refractivity contribution in [3.8, 4) is 0 Å². The SMILES string of the molecule is CC(C(=O)O)c1ccc(CC2CCCC2=O)cc1.O.O. The Balaban J connectivity index is 0.00000180. The number of Topliss-reactive ketones (excluding diaryl/α,β-unsaturated/α-hetero) is 1. The highest BCUT2D eigenvalue weighted by Crippen LogP contribution is 2.25. The number of carboxylic acid groups (broad SMARTS) is 1. The minimum Gasteiger partial charge on any atom is -0.481 e. The number of rotatable bonds is 4. The second kappa shape index (κ2) is 7.77. The van der Waals surface area contributed by atoms with Gasteiger partial charge < -0.3 is 16.1 Å². The molecule has 1 fully saturated rings. The normalized spacial score (nSPS) is 18.9. The summed E-state index contributed by atoms with van der Waals surface area (Å²) < 4.78 is 0. The van der Waals surface area contributed by atoms with E-state index < -0.39 is 11.9 Å². The van der Waals surface area contributed by atoms with Crippen molar-refractivity contribution in [1.82, 2.24) is 0 Å². The molecule has 0 aliphatic heterocycles. The summed E-state index contributed by atoms with van der Waals surface area (Å²) >= 11 is 0. The van der Waals surface area contributed by atoms with Crippen molar-refractivity contribution in [2.45, 2.75) is 38.5 Å². The number of carbonyl (C=O) groups is 2. The van der Waals surface area contributed by atoms with Gasteiger partial charge in [0.15, 0.2) is 0 Å². The van der Waals surface area contributed by atoms with Crippen LogP contribution in [0.15, 0.2) is 24.3 Å². The zero-order valence-electron chi connectivity index (χ0n) is 11.6. The number of carboxylic acids is 1. The van der Waals surface area contributed by atoms with Gasteiger partial charge in [-0.1, -0.05) is 24.3 Å². The number of benzene rings is 1. The van der Waals surface area contributed by atoms with Crippen LogP contribution in [-0.2, 0) is 16.0 Å². The summed E-state index contributed by atoms with van der Waals surface area (Å²) in [6, 6.07) is 7.60. The summed E-state index contributed by atoms with van der Waals surface area (Å²) in [6.45, 7) is 1.68. The lowest BCUT2D eigenvalue weighted by Gasteiger charge is -2.10. The van der Waals surface area contributed by atoms with Gasteiger partial charge in [0, 0.05) is 12.3 Å². The van der Waals surface area contributed by atoms with Crippen LogP contribution < -0.4 is 0 Å². The zero-order valence-corrected chi connectivity index (χ0v) is 11.6. The predicted octanol–water partition coefficient (Wildman–Crippen LogP) is 1.14. The molecule has 2 unspecified atom stereocenters. The van der Waals surface area contributed by atoms with Crippen LogP contribution in [0.3, 0.4) is 0 Å². The third-order valence-corrected chi connectivity index (χ3v) is 3.76. The third kappa shape index (κ3) is 4.15. The lowest BCUT2D eigenvalue weighted by Crippen LogP contribution is -2.10. The molecule has 1 aliphatic rings. The van der Waals surface area contributed by atoms with Gasteiger partial charge in [-0.05, 0) is 37.3 Å². The first-order valence-electron chi connectivity index (χ1n) is 6.42. The first kappa shape index (κ1) is 18.3. The van der Waals surface area contributed by atoms with Gasteiger partial charge in [0.05, 0.1) is 5.92 Å². The molecule has 2 atom stereocenters. The second-order valence-electron chi connectivity index (χ2n) is 5.06. The van der Waals surface area contributed by atoms with Crippen molar-refractivity contribution in [1.29, 1.82) is 0 Å². The van der Waals surface area contributed by atoms with Crippen LogP contribution >= 0.6 is 0 Å². The number of ketones is 1. The monoisotopic (exact) mass is 282 g/mol. The molecule has 5 heteroatoms. The van der Waals surface area contributed by atoms with Crippen molar-refractivity contribution in [3.63, 3.8) is 0 Å². The molecule has 2 rings (SSSR count). The van der Waals surface area contributed by atoms with Crippen molar-refractivity contribution in [2.24, 2.45) is 5.92 Å². The lowest BCUT2D eigenvalue weighted by atomic mass is 9.94. The number of hydrogen-bond acceptors (Lipinski definition) is 2. The molecule has 0 radical (unpaired) electrons. The Kier molecular flexibility index (Phi) is 7.10. The quantitative estimate of drug-likeness (QED) is 0.891. The van der Waals surface area contributed by atoms with Crippen molar-refractivity contribution >= 4 is 11.8 Å². The summed E-state index contributed by atoms with van der Waals surface area (Å²) in [6.07, 6.45) is 3.52. The highest BCUT2D eigenvalue weighted by atomic mass is 16.4. The van der Waals surface area contributed by atoms with E-state index in [9.17, 15) is 9.59 Å². The topological polar surface area (TPSA) is 117 Å². The van der Waals surface area contributed by atoms with E-state index in [1.165, 1.54) is 0 Å². The molecule has 1 aromatic rings. The molecule has 0 bridgehead atoms.